The SMILES string of the molecule is CCN(Cc1ccc(N)cc1)C(=O)c1cn[nH]c1. The molecule has 18 heavy (non-hydrogen) atoms. The summed E-state index contributed by atoms with van der Waals surface area (Å²) in [6.07, 6.45) is 3.14. The second kappa shape index (κ2) is 5.35. The lowest BCUT2D eigenvalue weighted by Gasteiger charge is -2.20. The second-order valence-electron chi connectivity index (χ2n) is 4.05. The van der Waals surface area contributed by atoms with E-state index < -0.39 is 0 Å². The number of nitrogens with zero attached hydrogens (tertiary/aromatic N) is 2. The molecule has 1 aromatic carbocycles. The van der Waals surface area contributed by atoms with Gasteiger partial charge in [-0.1, -0.05) is 12.1 Å². The number of rotatable bonds is 4. The summed E-state index contributed by atoms with van der Waals surface area (Å²) in [5, 5.41) is 6.44. The van der Waals surface area contributed by atoms with Gasteiger partial charge in [0.25, 0.3) is 5.91 Å². The molecule has 0 radical (unpaired) electrons. The highest BCUT2D eigenvalue weighted by Crippen LogP contribution is 2.11. The smallest absolute Gasteiger partial charge is 0.257 e. The van der Waals surface area contributed by atoms with E-state index in [4.69, 9.17) is 5.73 Å². The first kappa shape index (κ1) is 12.2. The zero-order valence-corrected chi connectivity index (χ0v) is 10.3. The minimum Gasteiger partial charge on any atom is -0.399 e. The number of nitrogens with two attached hydrogens (primary N) is 1. The number of aromatic amines is 1. The molecule has 1 aromatic heterocycles. The van der Waals surface area contributed by atoms with Gasteiger partial charge in [0.05, 0.1) is 11.8 Å². The van der Waals surface area contributed by atoms with Crippen LogP contribution in [0.1, 0.15) is 22.8 Å². The van der Waals surface area contributed by atoms with Crippen LogP contribution in [0.2, 0.25) is 0 Å². The van der Waals surface area contributed by atoms with Crippen LogP contribution in [-0.4, -0.2) is 27.5 Å². The summed E-state index contributed by atoms with van der Waals surface area (Å²) in [4.78, 5) is 13.9. The van der Waals surface area contributed by atoms with Crippen molar-refractivity contribution >= 4 is 11.6 Å². The molecule has 3 N–H and O–H groups in total. The Morgan fingerprint density at radius 1 is 1.39 bits per heavy atom. The van der Waals surface area contributed by atoms with Gasteiger partial charge in [-0.3, -0.25) is 9.89 Å². The number of hydrogen-bond donors (Lipinski definition) is 2. The first-order valence-corrected chi connectivity index (χ1v) is 5.83. The van der Waals surface area contributed by atoms with Crippen LogP contribution in [0.15, 0.2) is 36.7 Å². The average Bonchev–Trinajstić information content (AvgIpc) is 2.91. The number of anilines is 1. The van der Waals surface area contributed by atoms with Gasteiger partial charge in [0.1, 0.15) is 0 Å². The fourth-order valence-corrected chi connectivity index (χ4v) is 1.72. The van der Waals surface area contributed by atoms with Gasteiger partial charge in [0, 0.05) is 25.0 Å². The fraction of sp³-hybridized carbons (Fsp3) is 0.231. The molecule has 0 saturated carbocycles. The molecule has 0 aliphatic heterocycles. The summed E-state index contributed by atoms with van der Waals surface area (Å²) in [6, 6.07) is 7.54. The van der Waals surface area contributed by atoms with Gasteiger partial charge in [-0.05, 0) is 24.6 Å². The summed E-state index contributed by atoms with van der Waals surface area (Å²) in [6.45, 7) is 3.17. The van der Waals surface area contributed by atoms with E-state index >= 15 is 0 Å². The van der Waals surface area contributed by atoms with E-state index in [1.54, 1.807) is 11.1 Å². The van der Waals surface area contributed by atoms with Gasteiger partial charge in [-0.15, -0.1) is 0 Å². The Hall–Kier alpha value is -2.30. The molecule has 2 aromatic rings. The molecule has 0 spiro atoms. The Bertz CT molecular complexity index is 504. The summed E-state index contributed by atoms with van der Waals surface area (Å²) in [7, 11) is 0. The number of hydrogen-bond acceptors (Lipinski definition) is 3. The van der Waals surface area contributed by atoms with E-state index in [2.05, 4.69) is 10.2 Å². The minimum absolute atomic E-state index is 0.0249. The molecule has 0 unspecified atom stereocenters. The Balaban J connectivity index is 2.10. The lowest BCUT2D eigenvalue weighted by Crippen LogP contribution is -2.30. The van der Waals surface area contributed by atoms with Crippen LogP contribution in [0.3, 0.4) is 0 Å². The van der Waals surface area contributed by atoms with E-state index in [1.807, 2.05) is 31.2 Å². The Kier molecular flexibility index (Phi) is 3.62. The van der Waals surface area contributed by atoms with Crippen molar-refractivity contribution in [1.82, 2.24) is 15.1 Å². The number of aromatic nitrogens is 2. The maximum atomic E-state index is 12.1. The van der Waals surface area contributed by atoms with Crippen molar-refractivity contribution in [2.24, 2.45) is 0 Å². The quantitative estimate of drug-likeness (QED) is 0.803. The van der Waals surface area contributed by atoms with E-state index in [0.29, 0.717) is 18.7 Å². The maximum absolute atomic E-state index is 12.1. The number of benzene rings is 1. The molecular formula is C13H16N4O. The normalized spacial score (nSPS) is 10.3. The largest absolute Gasteiger partial charge is 0.399 e. The third-order valence-corrected chi connectivity index (χ3v) is 2.77. The molecule has 2 rings (SSSR count). The number of carbonyl (C=O) groups is 1. The number of amides is 1. The third kappa shape index (κ3) is 2.68. The topological polar surface area (TPSA) is 75.0 Å². The number of nitrogen functional groups attached to an aromatic ring is 1. The first-order valence-electron chi connectivity index (χ1n) is 5.83. The second-order valence-corrected chi connectivity index (χ2v) is 4.05. The van der Waals surface area contributed by atoms with Crippen molar-refractivity contribution in [3.63, 3.8) is 0 Å². The molecule has 0 aliphatic carbocycles. The highest BCUT2D eigenvalue weighted by Gasteiger charge is 2.15. The predicted molar refractivity (Wildman–Crippen MR) is 69.9 cm³/mol. The molecule has 5 heteroatoms. The number of H-pyrrole nitrogens is 1. The van der Waals surface area contributed by atoms with Gasteiger partial charge >= 0.3 is 0 Å². The zero-order valence-electron chi connectivity index (χ0n) is 10.3. The van der Waals surface area contributed by atoms with E-state index in [1.165, 1.54) is 6.20 Å². The van der Waals surface area contributed by atoms with Crippen molar-refractivity contribution in [3.8, 4) is 0 Å². The Morgan fingerprint density at radius 2 is 2.11 bits per heavy atom. The van der Waals surface area contributed by atoms with Crippen LogP contribution >= 0.6 is 0 Å². The number of carbonyl (C=O) groups excluding carboxylic acids is 1. The fourth-order valence-electron chi connectivity index (χ4n) is 1.72. The summed E-state index contributed by atoms with van der Waals surface area (Å²) in [5.74, 6) is -0.0249. The van der Waals surface area contributed by atoms with Gasteiger partial charge < -0.3 is 10.6 Å². The molecule has 94 valence electrons. The van der Waals surface area contributed by atoms with Crippen LogP contribution in [0.5, 0.6) is 0 Å². The van der Waals surface area contributed by atoms with E-state index in [0.717, 1.165) is 11.3 Å². The monoisotopic (exact) mass is 244 g/mol. The van der Waals surface area contributed by atoms with Crippen molar-refractivity contribution in [1.29, 1.82) is 0 Å². The van der Waals surface area contributed by atoms with Gasteiger partial charge in [-0.2, -0.15) is 5.10 Å². The van der Waals surface area contributed by atoms with Crippen molar-refractivity contribution in [3.05, 3.63) is 47.8 Å². The molecule has 1 heterocycles. The average molecular weight is 244 g/mol. The van der Waals surface area contributed by atoms with Crippen molar-refractivity contribution in [2.45, 2.75) is 13.5 Å². The lowest BCUT2D eigenvalue weighted by molar-refractivity contribution is 0.0752. The van der Waals surface area contributed by atoms with Crippen LogP contribution < -0.4 is 5.73 Å². The summed E-state index contributed by atoms with van der Waals surface area (Å²) >= 11 is 0. The first-order chi connectivity index (χ1) is 8.70. The standard InChI is InChI=1S/C13H16N4O/c1-2-17(13(18)11-7-15-16-8-11)9-10-3-5-12(14)6-4-10/h3-8H,2,9,14H2,1H3,(H,15,16). The highest BCUT2D eigenvalue weighted by atomic mass is 16.2. The minimum atomic E-state index is -0.0249. The molecule has 5 nitrogen and oxygen atoms in total. The number of nitrogens with one attached hydrogen (secondary N) is 1. The highest BCUT2D eigenvalue weighted by molar-refractivity contribution is 5.93. The van der Waals surface area contributed by atoms with Crippen LogP contribution in [-0.2, 0) is 6.54 Å². The van der Waals surface area contributed by atoms with Crippen LogP contribution in [0.25, 0.3) is 0 Å². The van der Waals surface area contributed by atoms with Crippen LogP contribution in [0, 0.1) is 0 Å². The molecule has 0 aliphatic rings. The lowest BCUT2D eigenvalue weighted by atomic mass is 10.2. The Labute approximate surface area is 106 Å². The van der Waals surface area contributed by atoms with Gasteiger partial charge in [0.15, 0.2) is 0 Å². The predicted octanol–water partition coefficient (Wildman–Crippen LogP) is 1.65. The zero-order chi connectivity index (χ0) is 13.0. The van der Waals surface area contributed by atoms with E-state index in [-0.39, 0.29) is 5.91 Å². The van der Waals surface area contributed by atoms with Crippen molar-refractivity contribution < 1.29 is 4.79 Å². The summed E-state index contributed by atoms with van der Waals surface area (Å²) < 4.78 is 0. The van der Waals surface area contributed by atoms with Crippen LogP contribution in [0.4, 0.5) is 5.69 Å². The third-order valence-electron chi connectivity index (χ3n) is 2.77. The van der Waals surface area contributed by atoms with Crippen molar-refractivity contribution in [2.75, 3.05) is 12.3 Å². The Morgan fingerprint density at radius 3 is 2.67 bits per heavy atom. The molecule has 0 atom stereocenters. The molecule has 1 amide bonds. The maximum Gasteiger partial charge on any atom is 0.257 e. The van der Waals surface area contributed by atoms with Gasteiger partial charge in [0.2, 0.25) is 0 Å². The molecule has 0 fully saturated rings. The van der Waals surface area contributed by atoms with Gasteiger partial charge in [-0.25, -0.2) is 0 Å². The summed E-state index contributed by atoms with van der Waals surface area (Å²) in [5.41, 5.74) is 7.99. The van der Waals surface area contributed by atoms with E-state index in [9.17, 15) is 4.79 Å². The molecule has 0 bridgehead atoms. The molecule has 0 saturated heterocycles. The molecular weight excluding hydrogens is 228 g/mol.